The van der Waals surface area contributed by atoms with Crippen LogP contribution in [0.15, 0.2) is 47.8 Å². The number of aromatic hydroxyl groups is 1. The van der Waals surface area contributed by atoms with Crippen molar-refractivity contribution in [3.63, 3.8) is 0 Å². The van der Waals surface area contributed by atoms with Crippen molar-refractivity contribution in [2.24, 2.45) is 0 Å². The monoisotopic (exact) mass is 374 g/mol. The molecule has 128 valence electrons. The zero-order valence-corrected chi connectivity index (χ0v) is 14.6. The molecule has 0 aliphatic rings. The van der Waals surface area contributed by atoms with Crippen LogP contribution in [-0.4, -0.2) is 21.2 Å². The molecule has 0 radical (unpaired) electrons. The van der Waals surface area contributed by atoms with Crippen molar-refractivity contribution >= 4 is 39.7 Å². The highest BCUT2D eigenvalue weighted by molar-refractivity contribution is 7.14. The summed E-state index contributed by atoms with van der Waals surface area (Å²) in [5, 5.41) is 24.4. The third-order valence-corrected chi connectivity index (χ3v) is 4.64. The van der Waals surface area contributed by atoms with E-state index in [0.717, 1.165) is 27.6 Å². The number of hydrogen-bond donors (Lipinski definition) is 3. The van der Waals surface area contributed by atoms with Crippen LogP contribution in [0.5, 0.6) is 5.75 Å². The van der Waals surface area contributed by atoms with Crippen molar-refractivity contribution < 1.29 is 15.0 Å². The second kappa shape index (κ2) is 7.55. The van der Waals surface area contributed by atoms with Gasteiger partial charge in [0.1, 0.15) is 5.75 Å². The lowest BCUT2D eigenvalue weighted by atomic mass is 10.1. The summed E-state index contributed by atoms with van der Waals surface area (Å²) in [6.07, 6.45) is 0.635. The molecule has 0 saturated carbocycles. The molecule has 3 rings (SSSR count). The van der Waals surface area contributed by atoms with E-state index >= 15 is 0 Å². The molecule has 7 heteroatoms. The van der Waals surface area contributed by atoms with Gasteiger partial charge in [0.15, 0.2) is 5.13 Å². The number of aryl methyl sites for hydroxylation is 1. The molecule has 2 aromatic carbocycles. The molecule has 3 aromatic rings. The summed E-state index contributed by atoms with van der Waals surface area (Å²) in [6.45, 7) is 0. The normalized spacial score (nSPS) is 10.6. The molecular formula is C18H15ClN2O3S. The summed E-state index contributed by atoms with van der Waals surface area (Å²) >= 11 is 7.40. The van der Waals surface area contributed by atoms with Crippen LogP contribution < -0.4 is 5.32 Å². The van der Waals surface area contributed by atoms with Crippen LogP contribution in [0.25, 0.3) is 11.3 Å². The highest BCUT2D eigenvalue weighted by atomic mass is 35.5. The zero-order valence-electron chi connectivity index (χ0n) is 13.1. The Balaban J connectivity index is 1.68. The Hall–Kier alpha value is -2.57. The van der Waals surface area contributed by atoms with Crippen LogP contribution in [0.1, 0.15) is 12.0 Å². The van der Waals surface area contributed by atoms with E-state index in [1.165, 1.54) is 11.3 Å². The summed E-state index contributed by atoms with van der Waals surface area (Å²) in [6, 6.07) is 12.6. The van der Waals surface area contributed by atoms with Crippen LogP contribution in [0, 0.1) is 0 Å². The van der Waals surface area contributed by atoms with Crippen LogP contribution in [-0.2, 0) is 11.2 Å². The van der Waals surface area contributed by atoms with Crippen molar-refractivity contribution in [3.05, 3.63) is 58.4 Å². The fourth-order valence-electron chi connectivity index (χ4n) is 2.26. The van der Waals surface area contributed by atoms with Crippen molar-refractivity contribution in [2.75, 3.05) is 5.32 Å². The van der Waals surface area contributed by atoms with Gasteiger partial charge in [-0.1, -0.05) is 23.7 Å². The predicted octanol–water partition coefficient (Wildman–Crippen LogP) is 4.93. The Bertz CT molecular complexity index is 894. The average Bonchev–Trinajstić information content (AvgIpc) is 3.05. The molecule has 0 spiro atoms. The number of nitrogens with one attached hydrogen (secondary N) is 1. The predicted molar refractivity (Wildman–Crippen MR) is 99.9 cm³/mol. The minimum Gasteiger partial charge on any atom is -0.506 e. The topological polar surface area (TPSA) is 82.5 Å². The number of carboxylic acid groups (broad SMARTS) is 1. The number of halogens is 1. The highest BCUT2D eigenvalue weighted by Gasteiger charge is 2.08. The maximum atomic E-state index is 10.6. The number of nitrogens with zero attached hydrogens (tertiary/aromatic N) is 1. The SMILES string of the molecule is O=C(O)CCc1ccc(Nc2nc(-c3ccc(O)c(Cl)c3)cs2)cc1. The first kappa shape index (κ1) is 17.3. The minimum absolute atomic E-state index is 0.0435. The first-order chi connectivity index (χ1) is 12.0. The molecule has 1 heterocycles. The molecule has 0 aliphatic carbocycles. The number of anilines is 2. The largest absolute Gasteiger partial charge is 0.506 e. The smallest absolute Gasteiger partial charge is 0.303 e. The summed E-state index contributed by atoms with van der Waals surface area (Å²) < 4.78 is 0. The molecule has 3 N–H and O–H groups in total. The van der Waals surface area contributed by atoms with Gasteiger partial charge < -0.3 is 15.5 Å². The van der Waals surface area contributed by atoms with E-state index in [1.807, 2.05) is 29.6 Å². The van der Waals surface area contributed by atoms with Crippen LogP contribution in [0.3, 0.4) is 0 Å². The van der Waals surface area contributed by atoms with E-state index in [0.29, 0.717) is 6.42 Å². The molecular weight excluding hydrogens is 360 g/mol. The van der Waals surface area contributed by atoms with Gasteiger partial charge in [-0.15, -0.1) is 11.3 Å². The van der Waals surface area contributed by atoms with Gasteiger partial charge in [-0.3, -0.25) is 4.79 Å². The van der Waals surface area contributed by atoms with Crippen molar-refractivity contribution in [1.29, 1.82) is 0 Å². The molecule has 0 aliphatic heterocycles. The second-order valence-corrected chi connectivity index (χ2v) is 6.69. The van der Waals surface area contributed by atoms with Crippen molar-refractivity contribution in [1.82, 2.24) is 4.98 Å². The summed E-state index contributed by atoms with van der Waals surface area (Å²) in [5.41, 5.74) is 3.46. The molecule has 0 fully saturated rings. The van der Waals surface area contributed by atoms with E-state index in [1.54, 1.807) is 18.2 Å². The number of carbonyl (C=O) groups is 1. The molecule has 0 atom stereocenters. The van der Waals surface area contributed by atoms with Gasteiger partial charge in [-0.2, -0.15) is 0 Å². The number of carboxylic acids is 1. The van der Waals surface area contributed by atoms with Gasteiger partial charge in [0.2, 0.25) is 0 Å². The van der Waals surface area contributed by atoms with Crippen LogP contribution in [0.4, 0.5) is 10.8 Å². The van der Waals surface area contributed by atoms with Gasteiger partial charge in [0, 0.05) is 23.1 Å². The fraction of sp³-hybridized carbons (Fsp3) is 0.111. The zero-order chi connectivity index (χ0) is 17.8. The van der Waals surface area contributed by atoms with Gasteiger partial charge >= 0.3 is 5.97 Å². The summed E-state index contributed by atoms with van der Waals surface area (Å²) in [5.74, 6) is -0.756. The molecule has 0 unspecified atom stereocenters. The maximum absolute atomic E-state index is 10.6. The number of phenolic OH excluding ortho intramolecular Hbond substituents is 1. The summed E-state index contributed by atoms with van der Waals surface area (Å²) in [7, 11) is 0. The molecule has 25 heavy (non-hydrogen) atoms. The molecule has 0 bridgehead atoms. The number of benzene rings is 2. The van der Waals surface area contributed by atoms with E-state index in [2.05, 4.69) is 10.3 Å². The standard InChI is InChI=1S/C18H15ClN2O3S/c19-14-9-12(4-7-16(14)22)15-10-25-18(21-15)20-13-5-1-11(2-6-13)3-8-17(23)24/h1-2,4-7,9-10,22H,3,8H2,(H,20,21)(H,23,24). The minimum atomic E-state index is -0.799. The molecule has 0 amide bonds. The Morgan fingerprint density at radius 2 is 1.96 bits per heavy atom. The van der Waals surface area contributed by atoms with Crippen molar-refractivity contribution in [2.45, 2.75) is 12.8 Å². The van der Waals surface area contributed by atoms with Gasteiger partial charge in [-0.25, -0.2) is 4.98 Å². The van der Waals surface area contributed by atoms with Crippen LogP contribution >= 0.6 is 22.9 Å². The molecule has 1 aromatic heterocycles. The lowest BCUT2D eigenvalue weighted by Crippen LogP contribution is -1.97. The lowest BCUT2D eigenvalue weighted by Gasteiger charge is -2.04. The molecule has 0 saturated heterocycles. The molecule has 5 nitrogen and oxygen atoms in total. The highest BCUT2D eigenvalue weighted by Crippen LogP contribution is 2.32. The van der Waals surface area contributed by atoms with E-state index in [9.17, 15) is 9.90 Å². The third kappa shape index (κ3) is 4.49. The van der Waals surface area contributed by atoms with E-state index < -0.39 is 5.97 Å². The number of rotatable bonds is 6. The number of thiazole rings is 1. The lowest BCUT2D eigenvalue weighted by molar-refractivity contribution is -0.136. The fourth-order valence-corrected chi connectivity index (χ4v) is 3.18. The second-order valence-electron chi connectivity index (χ2n) is 5.42. The van der Waals surface area contributed by atoms with Crippen LogP contribution in [0.2, 0.25) is 5.02 Å². The van der Waals surface area contributed by atoms with Gasteiger partial charge in [0.25, 0.3) is 0 Å². The Morgan fingerprint density at radius 1 is 1.20 bits per heavy atom. The van der Waals surface area contributed by atoms with Crippen molar-refractivity contribution in [3.8, 4) is 17.0 Å². The first-order valence-corrected chi connectivity index (χ1v) is 8.79. The van der Waals surface area contributed by atoms with Gasteiger partial charge in [-0.05, 0) is 42.3 Å². The average molecular weight is 375 g/mol. The van der Waals surface area contributed by atoms with E-state index in [-0.39, 0.29) is 17.2 Å². The quantitative estimate of drug-likeness (QED) is 0.569. The number of phenols is 1. The van der Waals surface area contributed by atoms with Gasteiger partial charge in [0.05, 0.1) is 10.7 Å². The third-order valence-electron chi connectivity index (χ3n) is 3.58. The Morgan fingerprint density at radius 3 is 2.64 bits per heavy atom. The summed E-state index contributed by atoms with van der Waals surface area (Å²) in [4.78, 5) is 15.1. The van der Waals surface area contributed by atoms with E-state index in [4.69, 9.17) is 16.7 Å². The first-order valence-electron chi connectivity index (χ1n) is 7.53. The Labute approximate surface area is 153 Å². The Kier molecular flexibility index (Phi) is 5.21. The maximum Gasteiger partial charge on any atom is 0.303 e. The number of hydrogen-bond acceptors (Lipinski definition) is 5. The number of aromatic nitrogens is 1. The number of aliphatic carboxylic acids is 1.